The Kier molecular flexibility index (Phi) is 5.80. The molecule has 0 saturated carbocycles. The van der Waals surface area contributed by atoms with Gasteiger partial charge in [-0.25, -0.2) is 9.78 Å². The Balaban J connectivity index is 1.75. The van der Waals surface area contributed by atoms with Crippen LogP contribution in [0.25, 0.3) is 0 Å². The molecule has 0 unspecified atom stereocenters. The Morgan fingerprint density at radius 1 is 1.26 bits per heavy atom. The number of carbonyl (C=O) groups is 1. The third-order valence-corrected chi connectivity index (χ3v) is 4.30. The van der Waals surface area contributed by atoms with Crippen LogP contribution in [0.4, 0.5) is 0 Å². The standard InChI is InChI=1S/C14H19N5O3S/c1-8-10(13(21)19-14(22)18-8)5-12(20)15-3-4-23-6-11-9(2)16-7-17-11/h7H,3-6H2,1-2H3,(H,15,20)(H,16,17)(H2,18,19,21,22). The minimum absolute atomic E-state index is 0.0545. The van der Waals surface area contributed by atoms with Crippen LogP contribution in [-0.2, 0) is 17.0 Å². The van der Waals surface area contributed by atoms with Crippen LogP contribution in [0.2, 0.25) is 0 Å². The fraction of sp³-hybridized carbons (Fsp3) is 0.429. The molecule has 8 nitrogen and oxygen atoms in total. The number of H-pyrrole nitrogens is 3. The molecular weight excluding hydrogens is 318 g/mol. The van der Waals surface area contributed by atoms with Crippen LogP contribution in [0.15, 0.2) is 15.9 Å². The molecular formula is C14H19N5O3S. The van der Waals surface area contributed by atoms with E-state index in [2.05, 4.69) is 25.3 Å². The third-order valence-electron chi connectivity index (χ3n) is 3.33. The number of aromatic nitrogens is 4. The van der Waals surface area contributed by atoms with Crippen molar-refractivity contribution in [3.05, 3.63) is 49.8 Å². The maximum Gasteiger partial charge on any atom is 0.325 e. The molecule has 1 amide bonds. The number of imidazole rings is 1. The molecule has 4 N–H and O–H groups in total. The number of nitrogens with zero attached hydrogens (tertiary/aromatic N) is 1. The van der Waals surface area contributed by atoms with Crippen molar-refractivity contribution in [2.75, 3.05) is 12.3 Å². The van der Waals surface area contributed by atoms with Crippen LogP contribution in [-0.4, -0.2) is 38.1 Å². The lowest BCUT2D eigenvalue weighted by molar-refractivity contribution is -0.120. The lowest BCUT2D eigenvalue weighted by Gasteiger charge is -2.06. The van der Waals surface area contributed by atoms with Crippen molar-refractivity contribution in [3.8, 4) is 0 Å². The number of carbonyl (C=O) groups excluding carboxylic acids is 1. The zero-order chi connectivity index (χ0) is 16.8. The molecule has 2 rings (SSSR count). The van der Waals surface area contributed by atoms with E-state index in [0.29, 0.717) is 12.2 Å². The van der Waals surface area contributed by atoms with Crippen molar-refractivity contribution >= 4 is 17.7 Å². The van der Waals surface area contributed by atoms with Gasteiger partial charge < -0.3 is 15.3 Å². The molecule has 0 aliphatic rings. The highest BCUT2D eigenvalue weighted by Crippen LogP contribution is 2.11. The highest BCUT2D eigenvalue weighted by atomic mass is 32.2. The summed E-state index contributed by atoms with van der Waals surface area (Å²) in [5.41, 5.74) is 1.66. The minimum Gasteiger partial charge on any atom is -0.355 e. The van der Waals surface area contributed by atoms with Crippen LogP contribution < -0.4 is 16.6 Å². The van der Waals surface area contributed by atoms with E-state index in [1.807, 2.05) is 6.92 Å². The molecule has 23 heavy (non-hydrogen) atoms. The smallest absolute Gasteiger partial charge is 0.325 e. The molecule has 0 atom stereocenters. The number of hydrogen-bond donors (Lipinski definition) is 4. The largest absolute Gasteiger partial charge is 0.355 e. The average molecular weight is 337 g/mol. The number of rotatable bonds is 7. The average Bonchev–Trinajstić information content (AvgIpc) is 2.88. The highest BCUT2D eigenvalue weighted by molar-refractivity contribution is 7.98. The number of hydrogen-bond acceptors (Lipinski definition) is 5. The monoisotopic (exact) mass is 337 g/mol. The van der Waals surface area contributed by atoms with Gasteiger partial charge >= 0.3 is 5.69 Å². The van der Waals surface area contributed by atoms with Crippen LogP contribution in [0.1, 0.15) is 22.6 Å². The Morgan fingerprint density at radius 3 is 2.70 bits per heavy atom. The molecule has 0 radical (unpaired) electrons. The lowest BCUT2D eigenvalue weighted by atomic mass is 10.1. The first-order chi connectivity index (χ1) is 11.0. The number of thioether (sulfide) groups is 1. The predicted octanol–water partition coefficient (Wildman–Crippen LogP) is -0.00476. The first kappa shape index (κ1) is 17.1. The summed E-state index contributed by atoms with van der Waals surface area (Å²) in [5, 5.41) is 2.76. The number of nitrogens with one attached hydrogen (secondary N) is 4. The fourth-order valence-electron chi connectivity index (χ4n) is 2.03. The second-order valence-corrected chi connectivity index (χ2v) is 6.17. The summed E-state index contributed by atoms with van der Waals surface area (Å²) in [4.78, 5) is 46.4. The Hall–Kier alpha value is -2.29. The summed E-state index contributed by atoms with van der Waals surface area (Å²) < 4.78 is 0. The van der Waals surface area contributed by atoms with Crippen LogP contribution in [0.5, 0.6) is 0 Å². The number of amides is 1. The molecule has 0 spiro atoms. The van der Waals surface area contributed by atoms with Gasteiger partial charge in [-0.3, -0.25) is 14.6 Å². The molecule has 2 aromatic heterocycles. The zero-order valence-electron chi connectivity index (χ0n) is 13.0. The summed E-state index contributed by atoms with van der Waals surface area (Å²) >= 11 is 1.67. The van der Waals surface area contributed by atoms with Gasteiger partial charge in [0.15, 0.2) is 0 Å². The Labute approximate surface area is 136 Å². The van der Waals surface area contributed by atoms with Crippen molar-refractivity contribution in [2.24, 2.45) is 0 Å². The molecule has 2 heterocycles. The fourth-order valence-corrected chi connectivity index (χ4v) is 2.90. The van der Waals surface area contributed by atoms with E-state index in [0.717, 1.165) is 22.9 Å². The van der Waals surface area contributed by atoms with E-state index in [4.69, 9.17) is 0 Å². The van der Waals surface area contributed by atoms with E-state index in [1.54, 1.807) is 25.0 Å². The summed E-state index contributed by atoms with van der Waals surface area (Å²) in [6.07, 6.45) is 1.61. The molecule has 0 bridgehead atoms. The van der Waals surface area contributed by atoms with Crippen molar-refractivity contribution in [2.45, 2.75) is 26.0 Å². The minimum atomic E-state index is -0.568. The molecule has 0 fully saturated rings. The summed E-state index contributed by atoms with van der Waals surface area (Å²) in [6.45, 7) is 4.07. The summed E-state index contributed by atoms with van der Waals surface area (Å²) in [7, 11) is 0. The summed E-state index contributed by atoms with van der Waals surface area (Å²) in [5.74, 6) is 1.28. The SMILES string of the molecule is Cc1[nH]cnc1CSCCNC(=O)Cc1c(C)[nH]c(=O)[nH]c1=O. The van der Waals surface area contributed by atoms with Gasteiger partial charge in [0, 0.05) is 35.0 Å². The van der Waals surface area contributed by atoms with Gasteiger partial charge in [0.05, 0.1) is 18.4 Å². The highest BCUT2D eigenvalue weighted by Gasteiger charge is 2.10. The predicted molar refractivity (Wildman–Crippen MR) is 88.6 cm³/mol. The molecule has 124 valence electrons. The molecule has 0 aliphatic heterocycles. The quantitative estimate of drug-likeness (QED) is 0.529. The van der Waals surface area contributed by atoms with Gasteiger partial charge in [0.2, 0.25) is 5.91 Å². The van der Waals surface area contributed by atoms with Crippen LogP contribution >= 0.6 is 11.8 Å². The second-order valence-electron chi connectivity index (χ2n) is 5.07. The van der Waals surface area contributed by atoms with Crippen molar-refractivity contribution in [3.63, 3.8) is 0 Å². The normalized spacial score (nSPS) is 10.7. The zero-order valence-corrected chi connectivity index (χ0v) is 13.8. The van der Waals surface area contributed by atoms with E-state index in [9.17, 15) is 14.4 Å². The molecule has 0 aliphatic carbocycles. The van der Waals surface area contributed by atoms with E-state index < -0.39 is 11.2 Å². The van der Waals surface area contributed by atoms with Crippen molar-refractivity contribution < 1.29 is 4.79 Å². The van der Waals surface area contributed by atoms with Crippen LogP contribution in [0, 0.1) is 13.8 Å². The summed E-state index contributed by atoms with van der Waals surface area (Å²) in [6, 6.07) is 0. The van der Waals surface area contributed by atoms with Gasteiger partial charge in [-0.15, -0.1) is 0 Å². The van der Waals surface area contributed by atoms with Gasteiger partial charge in [-0.2, -0.15) is 11.8 Å². The lowest BCUT2D eigenvalue weighted by Crippen LogP contribution is -2.33. The number of aryl methyl sites for hydroxylation is 2. The Morgan fingerprint density at radius 2 is 2.04 bits per heavy atom. The maximum atomic E-state index is 11.9. The second kappa shape index (κ2) is 7.82. The van der Waals surface area contributed by atoms with E-state index in [1.165, 1.54) is 0 Å². The van der Waals surface area contributed by atoms with Gasteiger partial charge in [0.1, 0.15) is 0 Å². The van der Waals surface area contributed by atoms with Crippen molar-refractivity contribution in [1.29, 1.82) is 0 Å². The first-order valence-electron chi connectivity index (χ1n) is 7.12. The molecule has 9 heteroatoms. The van der Waals surface area contributed by atoms with Gasteiger partial charge in [-0.05, 0) is 13.8 Å². The topological polar surface area (TPSA) is 123 Å². The first-order valence-corrected chi connectivity index (χ1v) is 8.28. The molecule has 0 aromatic carbocycles. The van der Waals surface area contributed by atoms with Crippen LogP contribution in [0.3, 0.4) is 0 Å². The molecule has 0 saturated heterocycles. The Bertz CT molecular complexity index is 792. The van der Waals surface area contributed by atoms with E-state index in [-0.39, 0.29) is 17.9 Å². The maximum absolute atomic E-state index is 11.9. The van der Waals surface area contributed by atoms with Gasteiger partial charge in [0.25, 0.3) is 5.56 Å². The third kappa shape index (κ3) is 4.85. The number of aromatic amines is 3. The molecule has 2 aromatic rings. The van der Waals surface area contributed by atoms with Crippen molar-refractivity contribution in [1.82, 2.24) is 25.3 Å². The van der Waals surface area contributed by atoms with E-state index >= 15 is 0 Å². The van der Waals surface area contributed by atoms with Gasteiger partial charge in [-0.1, -0.05) is 0 Å².